The normalized spacial score (nSPS) is 25.1. The zero-order valence-electron chi connectivity index (χ0n) is 11.9. The van der Waals surface area contributed by atoms with E-state index in [1.165, 1.54) is 32.1 Å². The van der Waals surface area contributed by atoms with Gasteiger partial charge in [-0.1, -0.05) is 43.9 Å². The Balaban J connectivity index is 2.05. The van der Waals surface area contributed by atoms with Crippen molar-refractivity contribution in [1.29, 1.82) is 0 Å². The fourth-order valence-electron chi connectivity index (χ4n) is 3.11. The van der Waals surface area contributed by atoms with Gasteiger partial charge in [0, 0.05) is 6.04 Å². The van der Waals surface area contributed by atoms with E-state index < -0.39 is 0 Å². The smallest absolute Gasteiger partial charge is 0.137 e. The molecule has 1 saturated carbocycles. The molecule has 1 fully saturated rings. The van der Waals surface area contributed by atoms with E-state index in [2.05, 4.69) is 6.92 Å². The van der Waals surface area contributed by atoms with Gasteiger partial charge >= 0.3 is 0 Å². The third-order valence-corrected chi connectivity index (χ3v) is 4.85. The molecule has 1 unspecified atom stereocenters. The van der Waals surface area contributed by atoms with Gasteiger partial charge in [0.1, 0.15) is 5.75 Å². The van der Waals surface area contributed by atoms with Gasteiger partial charge in [0.2, 0.25) is 0 Å². The molecule has 0 amide bonds. The van der Waals surface area contributed by atoms with Gasteiger partial charge in [0.05, 0.1) is 12.1 Å². The van der Waals surface area contributed by atoms with E-state index in [1.807, 2.05) is 18.2 Å². The quantitative estimate of drug-likeness (QED) is 0.878. The lowest BCUT2D eigenvalue weighted by atomic mass is 9.76. The number of ether oxygens (including phenoxy) is 1. The van der Waals surface area contributed by atoms with Gasteiger partial charge in [-0.2, -0.15) is 0 Å². The second kappa shape index (κ2) is 6.62. The second-order valence-corrected chi connectivity index (χ2v) is 6.02. The molecule has 0 bridgehead atoms. The summed E-state index contributed by atoms with van der Waals surface area (Å²) in [5.41, 5.74) is 7.57. The fourth-order valence-corrected chi connectivity index (χ4v) is 3.31. The molecule has 3 heteroatoms. The Morgan fingerprint density at radius 1 is 1.32 bits per heavy atom. The van der Waals surface area contributed by atoms with Crippen LogP contribution in [0.4, 0.5) is 0 Å². The Bertz CT molecular complexity index is 413. The van der Waals surface area contributed by atoms with Crippen LogP contribution in [-0.2, 0) is 0 Å². The maximum atomic E-state index is 6.43. The van der Waals surface area contributed by atoms with Crippen LogP contribution in [0.15, 0.2) is 18.2 Å². The van der Waals surface area contributed by atoms with Crippen LogP contribution in [0.5, 0.6) is 5.75 Å². The highest BCUT2D eigenvalue weighted by Gasteiger charge is 2.26. The van der Waals surface area contributed by atoms with Crippen molar-refractivity contribution in [3.05, 3.63) is 28.8 Å². The molecule has 0 aromatic heterocycles. The first-order valence-corrected chi connectivity index (χ1v) is 7.62. The Hall–Kier alpha value is -0.730. The average Bonchev–Trinajstić information content (AvgIpc) is 2.47. The summed E-state index contributed by atoms with van der Waals surface area (Å²) < 4.78 is 5.27. The van der Waals surface area contributed by atoms with Gasteiger partial charge < -0.3 is 10.5 Å². The number of methoxy groups -OCH3 is 1. The summed E-state index contributed by atoms with van der Waals surface area (Å²) in [5.74, 6) is 2.22. The molecule has 19 heavy (non-hydrogen) atoms. The SMILES string of the molecule is CCC1CCC(C(N)c2ccc(Cl)c(OC)c2)CC1. The summed E-state index contributed by atoms with van der Waals surface area (Å²) in [6, 6.07) is 6.00. The van der Waals surface area contributed by atoms with E-state index >= 15 is 0 Å². The number of halogens is 1. The zero-order valence-corrected chi connectivity index (χ0v) is 12.6. The van der Waals surface area contributed by atoms with E-state index in [0.29, 0.717) is 10.9 Å². The topological polar surface area (TPSA) is 35.2 Å². The van der Waals surface area contributed by atoms with Crippen LogP contribution in [0.1, 0.15) is 50.6 Å². The number of rotatable bonds is 4. The molecule has 1 aliphatic carbocycles. The van der Waals surface area contributed by atoms with Gasteiger partial charge in [-0.05, 0) is 42.4 Å². The van der Waals surface area contributed by atoms with E-state index in [1.54, 1.807) is 7.11 Å². The molecule has 0 aliphatic heterocycles. The molecule has 2 N–H and O–H groups in total. The highest BCUT2D eigenvalue weighted by atomic mass is 35.5. The maximum Gasteiger partial charge on any atom is 0.137 e. The third-order valence-electron chi connectivity index (χ3n) is 4.54. The number of hydrogen-bond acceptors (Lipinski definition) is 2. The summed E-state index contributed by atoms with van der Waals surface area (Å²) in [6.07, 6.45) is 6.42. The van der Waals surface area contributed by atoms with Crippen molar-refractivity contribution in [1.82, 2.24) is 0 Å². The monoisotopic (exact) mass is 281 g/mol. The van der Waals surface area contributed by atoms with Gasteiger partial charge in [0.25, 0.3) is 0 Å². The minimum absolute atomic E-state index is 0.101. The van der Waals surface area contributed by atoms with Crippen LogP contribution < -0.4 is 10.5 Å². The standard InChI is InChI=1S/C16H24ClNO/c1-3-11-4-6-12(7-5-11)16(18)13-8-9-14(17)15(10-13)19-2/h8-12,16H,3-7,18H2,1-2H3. The first-order chi connectivity index (χ1) is 9.15. The molecule has 2 rings (SSSR count). The molecule has 0 spiro atoms. The summed E-state index contributed by atoms with van der Waals surface area (Å²) in [6.45, 7) is 2.29. The highest BCUT2D eigenvalue weighted by Crippen LogP contribution is 2.38. The van der Waals surface area contributed by atoms with Crippen molar-refractivity contribution in [2.75, 3.05) is 7.11 Å². The minimum atomic E-state index is 0.101. The zero-order chi connectivity index (χ0) is 13.8. The highest BCUT2D eigenvalue weighted by molar-refractivity contribution is 6.32. The van der Waals surface area contributed by atoms with Crippen molar-refractivity contribution in [3.8, 4) is 5.75 Å². The summed E-state index contributed by atoms with van der Waals surface area (Å²) >= 11 is 6.06. The van der Waals surface area contributed by atoms with Gasteiger partial charge in [-0.25, -0.2) is 0 Å². The van der Waals surface area contributed by atoms with Gasteiger partial charge in [-0.3, -0.25) is 0 Å². The molecule has 1 atom stereocenters. The molecule has 1 aliphatic rings. The summed E-state index contributed by atoms with van der Waals surface area (Å²) in [7, 11) is 1.64. The molecule has 1 aromatic carbocycles. The molecule has 106 valence electrons. The predicted octanol–water partition coefficient (Wildman–Crippen LogP) is 4.56. The largest absolute Gasteiger partial charge is 0.495 e. The Morgan fingerprint density at radius 3 is 2.58 bits per heavy atom. The van der Waals surface area contributed by atoms with Crippen LogP contribution in [0.3, 0.4) is 0 Å². The van der Waals surface area contributed by atoms with Crippen LogP contribution >= 0.6 is 11.6 Å². The lowest BCUT2D eigenvalue weighted by Gasteiger charge is -2.32. The summed E-state index contributed by atoms with van der Waals surface area (Å²) in [5, 5.41) is 0.646. The minimum Gasteiger partial charge on any atom is -0.495 e. The van der Waals surface area contributed by atoms with Crippen LogP contribution in [0, 0.1) is 11.8 Å². The molecule has 0 saturated heterocycles. The van der Waals surface area contributed by atoms with Gasteiger partial charge in [0.15, 0.2) is 0 Å². The lowest BCUT2D eigenvalue weighted by Crippen LogP contribution is -2.26. The van der Waals surface area contributed by atoms with Crippen LogP contribution in [-0.4, -0.2) is 7.11 Å². The number of hydrogen-bond donors (Lipinski definition) is 1. The fraction of sp³-hybridized carbons (Fsp3) is 0.625. The molecule has 1 aromatic rings. The molecule has 0 heterocycles. The second-order valence-electron chi connectivity index (χ2n) is 5.61. The van der Waals surface area contributed by atoms with Crippen molar-refractivity contribution < 1.29 is 4.74 Å². The first-order valence-electron chi connectivity index (χ1n) is 7.24. The van der Waals surface area contributed by atoms with E-state index in [4.69, 9.17) is 22.1 Å². The molecular formula is C16H24ClNO. The Kier molecular flexibility index (Phi) is 5.12. The van der Waals surface area contributed by atoms with Crippen molar-refractivity contribution in [2.24, 2.45) is 17.6 Å². The Morgan fingerprint density at radius 2 is 2.00 bits per heavy atom. The average molecular weight is 282 g/mol. The molecular weight excluding hydrogens is 258 g/mol. The van der Waals surface area contributed by atoms with Crippen molar-refractivity contribution in [2.45, 2.75) is 45.1 Å². The van der Waals surface area contributed by atoms with Gasteiger partial charge in [-0.15, -0.1) is 0 Å². The van der Waals surface area contributed by atoms with Crippen molar-refractivity contribution >= 4 is 11.6 Å². The maximum absolute atomic E-state index is 6.43. The number of nitrogens with two attached hydrogens (primary N) is 1. The summed E-state index contributed by atoms with van der Waals surface area (Å²) in [4.78, 5) is 0. The van der Waals surface area contributed by atoms with Crippen molar-refractivity contribution in [3.63, 3.8) is 0 Å². The van der Waals surface area contributed by atoms with E-state index in [-0.39, 0.29) is 6.04 Å². The van der Waals surface area contributed by atoms with Crippen LogP contribution in [0.25, 0.3) is 0 Å². The number of benzene rings is 1. The predicted molar refractivity (Wildman–Crippen MR) is 80.7 cm³/mol. The first kappa shape index (κ1) is 14.7. The van der Waals surface area contributed by atoms with E-state index in [0.717, 1.165) is 17.2 Å². The molecule has 2 nitrogen and oxygen atoms in total. The lowest BCUT2D eigenvalue weighted by molar-refractivity contribution is 0.239. The Labute approximate surface area is 121 Å². The van der Waals surface area contributed by atoms with E-state index in [9.17, 15) is 0 Å². The molecule has 0 radical (unpaired) electrons. The third kappa shape index (κ3) is 3.43. The van der Waals surface area contributed by atoms with Crippen LogP contribution in [0.2, 0.25) is 5.02 Å².